The van der Waals surface area contributed by atoms with Gasteiger partial charge in [0, 0.05) is 16.6 Å². The lowest BCUT2D eigenvalue weighted by Gasteiger charge is -2.05. The summed E-state index contributed by atoms with van der Waals surface area (Å²) in [6.07, 6.45) is -0.146. The van der Waals surface area contributed by atoms with E-state index in [-0.39, 0.29) is 17.7 Å². The zero-order valence-electron chi connectivity index (χ0n) is 13.1. The number of carbonyl (C=O) groups is 1. The fourth-order valence-electron chi connectivity index (χ4n) is 2.29. The first-order valence-corrected chi connectivity index (χ1v) is 8.11. The van der Waals surface area contributed by atoms with Crippen LogP contribution in [0.5, 0.6) is 0 Å². The average Bonchev–Trinajstić information content (AvgIpc) is 3.08. The number of hydrogen-bond acceptors (Lipinski definition) is 4. The molecule has 1 aromatic carbocycles. The van der Waals surface area contributed by atoms with Crippen LogP contribution in [0.1, 0.15) is 17.0 Å². The highest BCUT2D eigenvalue weighted by Gasteiger charge is 2.17. The SMILES string of the molecule is Cc1csc(-n2[nH]c(C)c(CC(=O)Nc3ccccc3F)c2=O)n1. The molecule has 24 heavy (non-hydrogen) atoms. The summed E-state index contributed by atoms with van der Waals surface area (Å²) >= 11 is 1.33. The molecule has 3 rings (SSSR count). The Morgan fingerprint density at radius 1 is 1.38 bits per heavy atom. The fraction of sp³-hybridized carbons (Fsp3) is 0.188. The molecule has 0 radical (unpaired) electrons. The van der Waals surface area contributed by atoms with Gasteiger partial charge in [-0.2, -0.15) is 4.68 Å². The van der Waals surface area contributed by atoms with Crippen LogP contribution in [-0.4, -0.2) is 20.7 Å². The zero-order valence-corrected chi connectivity index (χ0v) is 13.9. The maximum atomic E-state index is 13.6. The number of benzene rings is 1. The Balaban J connectivity index is 1.83. The largest absolute Gasteiger partial charge is 0.323 e. The van der Waals surface area contributed by atoms with Crippen LogP contribution >= 0.6 is 11.3 Å². The summed E-state index contributed by atoms with van der Waals surface area (Å²) in [6.45, 7) is 3.55. The van der Waals surface area contributed by atoms with E-state index in [9.17, 15) is 14.0 Å². The minimum absolute atomic E-state index is 0.0894. The Kier molecular flexibility index (Phi) is 4.30. The molecule has 0 aliphatic carbocycles. The molecule has 124 valence electrons. The molecule has 3 aromatic rings. The second-order valence-electron chi connectivity index (χ2n) is 5.33. The Morgan fingerprint density at radius 3 is 2.79 bits per heavy atom. The first-order chi connectivity index (χ1) is 11.5. The smallest absolute Gasteiger partial charge is 0.277 e. The summed E-state index contributed by atoms with van der Waals surface area (Å²) in [5.41, 5.74) is 1.48. The van der Waals surface area contributed by atoms with Gasteiger partial charge in [-0.15, -0.1) is 11.3 Å². The summed E-state index contributed by atoms with van der Waals surface area (Å²) in [5.74, 6) is -0.978. The van der Waals surface area contributed by atoms with E-state index in [4.69, 9.17) is 0 Å². The third-order valence-electron chi connectivity index (χ3n) is 3.48. The maximum Gasteiger partial charge on any atom is 0.277 e. The van der Waals surface area contributed by atoms with Crippen molar-refractivity contribution >= 4 is 22.9 Å². The van der Waals surface area contributed by atoms with Crippen molar-refractivity contribution < 1.29 is 9.18 Å². The highest BCUT2D eigenvalue weighted by molar-refractivity contribution is 7.12. The van der Waals surface area contributed by atoms with E-state index in [0.717, 1.165) is 5.69 Å². The van der Waals surface area contributed by atoms with Gasteiger partial charge in [-0.3, -0.25) is 14.7 Å². The van der Waals surface area contributed by atoms with Crippen LogP contribution in [0.25, 0.3) is 5.13 Å². The molecule has 2 N–H and O–H groups in total. The summed E-state index contributed by atoms with van der Waals surface area (Å²) < 4.78 is 14.9. The van der Waals surface area contributed by atoms with Crippen LogP contribution in [-0.2, 0) is 11.2 Å². The molecule has 0 saturated carbocycles. The van der Waals surface area contributed by atoms with Crippen LogP contribution in [0, 0.1) is 19.7 Å². The Morgan fingerprint density at radius 2 is 2.12 bits per heavy atom. The normalized spacial score (nSPS) is 10.8. The van der Waals surface area contributed by atoms with E-state index in [1.807, 2.05) is 12.3 Å². The van der Waals surface area contributed by atoms with Crippen LogP contribution in [0.4, 0.5) is 10.1 Å². The lowest BCUT2D eigenvalue weighted by atomic mass is 10.2. The summed E-state index contributed by atoms with van der Waals surface area (Å²) in [7, 11) is 0. The quantitative estimate of drug-likeness (QED) is 0.762. The van der Waals surface area contributed by atoms with Crippen molar-refractivity contribution in [2.24, 2.45) is 0 Å². The Labute approximate surface area is 141 Å². The van der Waals surface area contributed by atoms with E-state index >= 15 is 0 Å². The number of nitrogens with zero attached hydrogens (tertiary/aromatic N) is 2. The Hall–Kier alpha value is -2.74. The number of rotatable bonds is 4. The fourth-order valence-corrected chi connectivity index (χ4v) is 3.05. The first-order valence-electron chi connectivity index (χ1n) is 7.23. The second-order valence-corrected chi connectivity index (χ2v) is 6.17. The van der Waals surface area contributed by atoms with Crippen molar-refractivity contribution in [1.29, 1.82) is 0 Å². The number of para-hydroxylation sites is 1. The van der Waals surface area contributed by atoms with Gasteiger partial charge in [0.15, 0.2) is 0 Å². The van der Waals surface area contributed by atoms with Gasteiger partial charge in [-0.1, -0.05) is 12.1 Å². The van der Waals surface area contributed by atoms with Gasteiger partial charge in [0.1, 0.15) is 5.82 Å². The molecule has 0 spiro atoms. The lowest BCUT2D eigenvalue weighted by Crippen LogP contribution is -2.22. The van der Waals surface area contributed by atoms with Crippen molar-refractivity contribution in [3.8, 4) is 5.13 Å². The number of thiazole rings is 1. The van der Waals surface area contributed by atoms with Crippen LogP contribution in [0.15, 0.2) is 34.4 Å². The number of nitrogens with one attached hydrogen (secondary N) is 2. The number of H-pyrrole nitrogens is 1. The van der Waals surface area contributed by atoms with Crippen LogP contribution < -0.4 is 10.9 Å². The van der Waals surface area contributed by atoms with Gasteiger partial charge < -0.3 is 5.32 Å². The molecule has 0 atom stereocenters. The van der Waals surface area contributed by atoms with Gasteiger partial charge in [0.2, 0.25) is 11.0 Å². The van der Waals surface area contributed by atoms with Crippen molar-refractivity contribution in [3.05, 3.63) is 62.8 Å². The van der Waals surface area contributed by atoms with E-state index in [1.54, 1.807) is 13.0 Å². The van der Waals surface area contributed by atoms with Crippen molar-refractivity contribution in [2.75, 3.05) is 5.32 Å². The highest BCUT2D eigenvalue weighted by Crippen LogP contribution is 2.15. The average molecular weight is 346 g/mol. The van der Waals surface area contributed by atoms with E-state index < -0.39 is 11.7 Å². The van der Waals surface area contributed by atoms with Gasteiger partial charge in [0.05, 0.1) is 17.8 Å². The number of aryl methyl sites for hydroxylation is 2. The van der Waals surface area contributed by atoms with Gasteiger partial charge in [-0.05, 0) is 26.0 Å². The monoisotopic (exact) mass is 346 g/mol. The number of amides is 1. The minimum Gasteiger partial charge on any atom is -0.323 e. The van der Waals surface area contributed by atoms with E-state index in [1.165, 1.54) is 34.2 Å². The molecule has 0 fully saturated rings. The standard InChI is InChI=1S/C16H15FN4O2S/c1-9-8-24-16(18-9)21-15(23)11(10(2)20-21)7-14(22)19-13-6-4-3-5-12(13)17/h3-6,8,20H,7H2,1-2H3,(H,19,22). The topological polar surface area (TPSA) is 79.8 Å². The van der Waals surface area contributed by atoms with Gasteiger partial charge in [-0.25, -0.2) is 9.37 Å². The summed E-state index contributed by atoms with van der Waals surface area (Å²) in [6, 6.07) is 5.89. The van der Waals surface area contributed by atoms with Crippen LogP contribution in [0.3, 0.4) is 0 Å². The summed E-state index contributed by atoms with van der Waals surface area (Å²) in [5, 5.41) is 7.75. The lowest BCUT2D eigenvalue weighted by molar-refractivity contribution is -0.115. The van der Waals surface area contributed by atoms with Gasteiger partial charge >= 0.3 is 0 Å². The minimum atomic E-state index is -0.521. The molecule has 2 heterocycles. The third-order valence-corrected chi connectivity index (χ3v) is 4.42. The molecular weight excluding hydrogens is 331 g/mol. The van der Waals surface area contributed by atoms with E-state index in [2.05, 4.69) is 15.4 Å². The molecule has 2 aromatic heterocycles. The van der Waals surface area contributed by atoms with Crippen molar-refractivity contribution in [3.63, 3.8) is 0 Å². The number of halogens is 1. The van der Waals surface area contributed by atoms with E-state index in [0.29, 0.717) is 16.4 Å². The molecule has 0 aliphatic rings. The second kappa shape index (κ2) is 6.40. The van der Waals surface area contributed by atoms with Crippen molar-refractivity contribution in [2.45, 2.75) is 20.3 Å². The molecule has 0 bridgehead atoms. The zero-order chi connectivity index (χ0) is 17.3. The Bertz CT molecular complexity index is 957. The molecule has 0 unspecified atom stereocenters. The molecule has 0 aliphatic heterocycles. The van der Waals surface area contributed by atoms with Crippen LogP contribution in [0.2, 0.25) is 0 Å². The predicted molar refractivity (Wildman–Crippen MR) is 90.3 cm³/mol. The molecule has 6 nitrogen and oxygen atoms in total. The number of hydrogen-bond donors (Lipinski definition) is 2. The maximum absolute atomic E-state index is 13.6. The first kappa shape index (κ1) is 16.1. The molecular formula is C16H15FN4O2S. The highest BCUT2D eigenvalue weighted by atomic mass is 32.1. The number of anilines is 1. The number of carbonyl (C=O) groups excluding carboxylic acids is 1. The third kappa shape index (κ3) is 3.13. The number of aromatic amines is 1. The molecule has 1 amide bonds. The summed E-state index contributed by atoms with van der Waals surface area (Å²) in [4.78, 5) is 28.9. The predicted octanol–water partition coefficient (Wildman–Crippen LogP) is 2.56. The number of aromatic nitrogens is 3. The van der Waals surface area contributed by atoms with Crippen molar-refractivity contribution in [1.82, 2.24) is 14.8 Å². The molecule has 8 heteroatoms. The van der Waals surface area contributed by atoms with Gasteiger partial charge in [0.25, 0.3) is 5.56 Å². The molecule has 0 saturated heterocycles.